The molecule has 1 aromatic carbocycles. The van der Waals surface area contributed by atoms with Crippen LogP contribution < -0.4 is 0 Å². The molecule has 0 bridgehead atoms. The van der Waals surface area contributed by atoms with E-state index in [1.54, 1.807) is 0 Å². The van der Waals surface area contributed by atoms with Crippen LogP contribution in [0.25, 0.3) is 11.0 Å². The standard InChI is InChI=1S/C16H20O2/c1-11-5-7-14-12(9-11)10-13(18-14)6-8-15(17)16(2,3)4/h5,7,9-10H,6,8H2,1-4H3. The average molecular weight is 244 g/mol. The molecule has 0 spiro atoms. The van der Waals surface area contributed by atoms with Crippen molar-refractivity contribution in [2.24, 2.45) is 5.41 Å². The maximum Gasteiger partial charge on any atom is 0.138 e. The Kier molecular flexibility index (Phi) is 3.29. The average Bonchev–Trinajstić information content (AvgIpc) is 2.66. The lowest BCUT2D eigenvalue weighted by Gasteiger charge is -2.15. The van der Waals surface area contributed by atoms with Gasteiger partial charge in [-0.3, -0.25) is 4.79 Å². The molecule has 2 rings (SSSR count). The molecule has 0 unspecified atom stereocenters. The number of carbonyl (C=O) groups is 1. The third kappa shape index (κ3) is 2.81. The van der Waals surface area contributed by atoms with E-state index in [9.17, 15) is 4.79 Å². The van der Waals surface area contributed by atoms with Gasteiger partial charge in [0.25, 0.3) is 0 Å². The number of furan rings is 1. The third-order valence-electron chi connectivity index (χ3n) is 3.16. The lowest BCUT2D eigenvalue weighted by atomic mass is 9.88. The molecule has 2 heteroatoms. The number of benzene rings is 1. The summed E-state index contributed by atoms with van der Waals surface area (Å²) in [4.78, 5) is 11.9. The summed E-state index contributed by atoms with van der Waals surface area (Å²) in [6.45, 7) is 7.93. The number of ketones is 1. The maximum atomic E-state index is 11.9. The summed E-state index contributed by atoms with van der Waals surface area (Å²) in [6, 6.07) is 8.17. The van der Waals surface area contributed by atoms with Crippen molar-refractivity contribution in [3.63, 3.8) is 0 Å². The van der Waals surface area contributed by atoms with E-state index < -0.39 is 0 Å². The number of carbonyl (C=O) groups excluding carboxylic acids is 1. The summed E-state index contributed by atoms with van der Waals surface area (Å²) < 4.78 is 5.73. The van der Waals surface area contributed by atoms with Crippen LogP contribution in [0.3, 0.4) is 0 Å². The molecular formula is C16H20O2. The Hall–Kier alpha value is -1.57. The lowest BCUT2D eigenvalue weighted by Crippen LogP contribution is -2.20. The fourth-order valence-electron chi connectivity index (χ4n) is 1.95. The smallest absolute Gasteiger partial charge is 0.138 e. The topological polar surface area (TPSA) is 30.2 Å². The number of aryl methyl sites for hydroxylation is 2. The van der Waals surface area contributed by atoms with Crippen molar-refractivity contribution in [2.45, 2.75) is 40.5 Å². The molecule has 0 atom stereocenters. The van der Waals surface area contributed by atoms with Gasteiger partial charge in [0.1, 0.15) is 17.1 Å². The summed E-state index contributed by atoms with van der Waals surface area (Å²) in [6.07, 6.45) is 1.23. The molecule has 0 aliphatic rings. The minimum absolute atomic E-state index is 0.261. The summed E-state index contributed by atoms with van der Waals surface area (Å²) in [5.41, 5.74) is 1.86. The molecule has 2 nitrogen and oxygen atoms in total. The van der Waals surface area contributed by atoms with Crippen LogP contribution in [0.2, 0.25) is 0 Å². The molecule has 1 heterocycles. The van der Waals surface area contributed by atoms with Crippen molar-refractivity contribution in [1.82, 2.24) is 0 Å². The highest BCUT2D eigenvalue weighted by atomic mass is 16.3. The molecular weight excluding hydrogens is 224 g/mol. The first kappa shape index (κ1) is 12.9. The van der Waals surface area contributed by atoms with E-state index in [1.165, 1.54) is 5.56 Å². The Morgan fingerprint density at radius 1 is 1.22 bits per heavy atom. The van der Waals surface area contributed by atoms with Crippen LogP contribution in [0.5, 0.6) is 0 Å². The van der Waals surface area contributed by atoms with E-state index in [1.807, 2.05) is 39.0 Å². The lowest BCUT2D eigenvalue weighted by molar-refractivity contribution is -0.126. The monoisotopic (exact) mass is 244 g/mol. The van der Waals surface area contributed by atoms with Gasteiger partial charge in [0.05, 0.1) is 0 Å². The maximum absolute atomic E-state index is 11.9. The zero-order valence-electron chi connectivity index (χ0n) is 11.5. The van der Waals surface area contributed by atoms with Crippen LogP contribution in [-0.2, 0) is 11.2 Å². The van der Waals surface area contributed by atoms with Crippen LogP contribution in [-0.4, -0.2) is 5.78 Å². The van der Waals surface area contributed by atoms with Crippen LogP contribution >= 0.6 is 0 Å². The van der Waals surface area contributed by atoms with Gasteiger partial charge in [-0.2, -0.15) is 0 Å². The minimum atomic E-state index is -0.261. The fourth-order valence-corrected chi connectivity index (χ4v) is 1.95. The van der Waals surface area contributed by atoms with Crippen molar-refractivity contribution in [1.29, 1.82) is 0 Å². The molecule has 0 saturated carbocycles. The molecule has 0 fully saturated rings. The number of hydrogen-bond donors (Lipinski definition) is 0. The van der Waals surface area contributed by atoms with E-state index in [4.69, 9.17) is 4.42 Å². The van der Waals surface area contributed by atoms with Crippen molar-refractivity contribution in [3.05, 3.63) is 35.6 Å². The fraction of sp³-hybridized carbons (Fsp3) is 0.438. The van der Waals surface area contributed by atoms with Crippen LogP contribution in [0, 0.1) is 12.3 Å². The van der Waals surface area contributed by atoms with E-state index >= 15 is 0 Å². The van der Waals surface area contributed by atoms with Gasteiger partial charge in [0, 0.05) is 23.6 Å². The molecule has 2 aromatic rings. The molecule has 18 heavy (non-hydrogen) atoms. The van der Waals surface area contributed by atoms with Gasteiger partial charge < -0.3 is 4.42 Å². The summed E-state index contributed by atoms with van der Waals surface area (Å²) in [7, 11) is 0. The highest BCUT2D eigenvalue weighted by molar-refractivity contribution is 5.84. The summed E-state index contributed by atoms with van der Waals surface area (Å²) >= 11 is 0. The van der Waals surface area contributed by atoms with Gasteiger partial charge in [0.2, 0.25) is 0 Å². The van der Waals surface area contributed by atoms with Crippen LogP contribution in [0.1, 0.15) is 38.5 Å². The second-order valence-electron chi connectivity index (χ2n) is 5.93. The predicted molar refractivity (Wildman–Crippen MR) is 73.7 cm³/mol. The van der Waals surface area contributed by atoms with Crippen molar-refractivity contribution >= 4 is 16.8 Å². The Morgan fingerprint density at radius 2 is 1.94 bits per heavy atom. The number of rotatable bonds is 3. The first-order valence-corrected chi connectivity index (χ1v) is 6.38. The van der Waals surface area contributed by atoms with E-state index in [0.29, 0.717) is 12.8 Å². The molecule has 96 valence electrons. The molecule has 0 amide bonds. The second kappa shape index (κ2) is 4.60. The first-order valence-electron chi connectivity index (χ1n) is 6.38. The predicted octanol–water partition coefficient (Wildman–Crippen LogP) is 4.29. The molecule has 0 aliphatic heterocycles. The largest absolute Gasteiger partial charge is 0.461 e. The summed E-state index contributed by atoms with van der Waals surface area (Å²) in [5.74, 6) is 1.17. The molecule has 0 radical (unpaired) electrons. The van der Waals surface area contributed by atoms with E-state index in [-0.39, 0.29) is 11.2 Å². The highest BCUT2D eigenvalue weighted by Crippen LogP contribution is 2.23. The van der Waals surface area contributed by atoms with Gasteiger partial charge >= 0.3 is 0 Å². The zero-order valence-corrected chi connectivity index (χ0v) is 11.5. The van der Waals surface area contributed by atoms with Crippen LogP contribution in [0.4, 0.5) is 0 Å². The normalized spacial score (nSPS) is 12.0. The first-order chi connectivity index (χ1) is 8.36. The Bertz CT molecular complexity index is 570. The third-order valence-corrected chi connectivity index (χ3v) is 3.16. The Balaban J connectivity index is 2.11. The molecule has 0 aliphatic carbocycles. The van der Waals surface area contributed by atoms with E-state index in [0.717, 1.165) is 16.7 Å². The number of fused-ring (bicyclic) bond motifs is 1. The Morgan fingerprint density at radius 3 is 2.61 bits per heavy atom. The summed E-state index contributed by atoms with van der Waals surface area (Å²) in [5, 5.41) is 1.12. The van der Waals surface area contributed by atoms with E-state index in [2.05, 4.69) is 13.0 Å². The van der Waals surface area contributed by atoms with Gasteiger partial charge in [-0.1, -0.05) is 32.4 Å². The van der Waals surface area contributed by atoms with Crippen LogP contribution in [0.15, 0.2) is 28.7 Å². The Labute approximate surface area is 108 Å². The number of hydrogen-bond acceptors (Lipinski definition) is 2. The van der Waals surface area contributed by atoms with Crippen molar-refractivity contribution in [2.75, 3.05) is 0 Å². The van der Waals surface area contributed by atoms with Crippen molar-refractivity contribution in [3.8, 4) is 0 Å². The highest BCUT2D eigenvalue weighted by Gasteiger charge is 2.21. The molecule has 1 aromatic heterocycles. The minimum Gasteiger partial charge on any atom is -0.461 e. The van der Waals surface area contributed by atoms with Gasteiger partial charge in [-0.25, -0.2) is 0 Å². The van der Waals surface area contributed by atoms with Gasteiger partial charge in [0.15, 0.2) is 0 Å². The second-order valence-corrected chi connectivity index (χ2v) is 5.93. The van der Waals surface area contributed by atoms with Gasteiger partial charge in [-0.15, -0.1) is 0 Å². The molecule has 0 N–H and O–H groups in total. The molecule has 0 saturated heterocycles. The zero-order chi connectivity index (χ0) is 13.3. The number of Topliss-reactive ketones (excluding diaryl/α,β-unsaturated/α-hetero) is 1. The van der Waals surface area contributed by atoms with Crippen molar-refractivity contribution < 1.29 is 9.21 Å². The SMILES string of the molecule is Cc1ccc2oc(CCC(=O)C(C)(C)C)cc2c1. The van der Waals surface area contributed by atoms with Gasteiger partial charge in [-0.05, 0) is 25.1 Å². The quantitative estimate of drug-likeness (QED) is 0.806.